The molecule has 24 heavy (non-hydrogen) atoms. The minimum atomic E-state index is 0.423. The van der Waals surface area contributed by atoms with E-state index in [1.807, 2.05) is 12.3 Å². The molecule has 0 unspecified atom stereocenters. The van der Waals surface area contributed by atoms with E-state index < -0.39 is 0 Å². The summed E-state index contributed by atoms with van der Waals surface area (Å²) in [6, 6.07) is 8.17. The largest absolute Gasteiger partial charge is 0.463 e. The van der Waals surface area contributed by atoms with Crippen molar-refractivity contribution in [1.82, 2.24) is 19.5 Å². The van der Waals surface area contributed by atoms with E-state index in [4.69, 9.17) is 4.42 Å². The van der Waals surface area contributed by atoms with Crippen molar-refractivity contribution < 1.29 is 4.42 Å². The molecule has 7 nitrogen and oxygen atoms in total. The Hall–Kier alpha value is -2.85. The van der Waals surface area contributed by atoms with Crippen molar-refractivity contribution in [2.24, 2.45) is 0 Å². The molecule has 0 aliphatic carbocycles. The Morgan fingerprint density at radius 3 is 3.08 bits per heavy atom. The van der Waals surface area contributed by atoms with Gasteiger partial charge in [0.25, 0.3) is 0 Å². The molecule has 0 saturated carbocycles. The highest BCUT2D eigenvalue weighted by Gasteiger charge is 2.21. The molecule has 4 rings (SSSR count). The van der Waals surface area contributed by atoms with Crippen molar-refractivity contribution in [3.8, 4) is 17.5 Å². The zero-order chi connectivity index (χ0) is 16.5. The Morgan fingerprint density at radius 2 is 2.38 bits per heavy atom. The summed E-state index contributed by atoms with van der Waals surface area (Å²) in [6.07, 6.45) is 5.82. The van der Waals surface area contributed by atoms with E-state index in [9.17, 15) is 5.26 Å². The van der Waals surface area contributed by atoms with E-state index in [1.165, 1.54) is 12.8 Å². The highest BCUT2D eigenvalue weighted by Crippen LogP contribution is 2.25. The molecule has 7 heteroatoms. The zero-order valence-corrected chi connectivity index (χ0v) is 13.4. The normalized spacial score (nSPS) is 18.1. The number of hydrogen-bond donors (Lipinski definition) is 1. The van der Waals surface area contributed by atoms with Gasteiger partial charge in [0.2, 0.25) is 0 Å². The van der Waals surface area contributed by atoms with Gasteiger partial charge in [-0.3, -0.25) is 0 Å². The van der Waals surface area contributed by atoms with Gasteiger partial charge in [0, 0.05) is 18.8 Å². The zero-order valence-electron chi connectivity index (χ0n) is 13.4. The molecule has 3 aromatic heterocycles. The summed E-state index contributed by atoms with van der Waals surface area (Å²) in [7, 11) is 2.15. The molecular formula is C17H18N6O. The Labute approximate surface area is 139 Å². The number of likely N-dealkylation sites (N-methyl/N-ethyl adjacent to an activating group) is 1. The number of likely N-dealkylation sites (tertiary alicyclic amines) is 1. The van der Waals surface area contributed by atoms with Gasteiger partial charge < -0.3 is 14.6 Å². The fourth-order valence-corrected chi connectivity index (χ4v) is 3.18. The fraction of sp³-hybridized carbons (Fsp3) is 0.353. The van der Waals surface area contributed by atoms with Gasteiger partial charge in [0.1, 0.15) is 23.1 Å². The van der Waals surface area contributed by atoms with E-state index in [1.54, 1.807) is 22.9 Å². The van der Waals surface area contributed by atoms with Crippen LogP contribution in [0.2, 0.25) is 0 Å². The second-order valence-electron chi connectivity index (χ2n) is 6.05. The highest BCUT2D eigenvalue weighted by molar-refractivity contribution is 5.72. The first-order valence-electron chi connectivity index (χ1n) is 8.04. The van der Waals surface area contributed by atoms with Gasteiger partial charge in [-0.15, -0.1) is 0 Å². The first-order valence-corrected chi connectivity index (χ1v) is 8.04. The average Bonchev–Trinajstić information content (AvgIpc) is 3.31. The maximum Gasteiger partial charge on any atom is 0.175 e. The van der Waals surface area contributed by atoms with Crippen LogP contribution in [0.25, 0.3) is 17.1 Å². The van der Waals surface area contributed by atoms with E-state index in [-0.39, 0.29) is 0 Å². The van der Waals surface area contributed by atoms with Crippen molar-refractivity contribution in [3.63, 3.8) is 0 Å². The first kappa shape index (κ1) is 14.7. The van der Waals surface area contributed by atoms with Crippen LogP contribution in [0, 0.1) is 11.3 Å². The van der Waals surface area contributed by atoms with Crippen molar-refractivity contribution in [2.75, 3.05) is 25.5 Å². The van der Waals surface area contributed by atoms with Crippen molar-refractivity contribution >= 4 is 11.5 Å². The van der Waals surface area contributed by atoms with E-state index >= 15 is 0 Å². The number of nitriles is 1. The first-order chi connectivity index (χ1) is 11.8. The maximum absolute atomic E-state index is 9.52. The topological polar surface area (TPSA) is 82.4 Å². The van der Waals surface area contributed by atoms with Crippen LogP contribution in [-0.4, -0.2) is 45.7 Å². The van der Waals surface area contributed by atoms with Gasteiger partial charge in [0.05, 0.1) is 6.26 Å². The van der Waals surface area contributed by atoms with Crippen LogP contribution in [0.5, 0.6) is 0 Å². The third kappa shape index (κ3) is 2.51. The van der Waals surface area contributed by atoms with Gasteiger partial charge in [0.15, 0.2) is 11.4 Å². The van der Waals surface area contributed by atoms with Crippen LogP contribution < -0.4 is 5.32 Å². The summed E-state index contributed by atoms with van der Waals surface area (Å²) in [5.74, 6) is 1.32. The van der Waals surface area contributed by atoms with Crippen LogP contribution in [0.3, 0.4) is 0 Å². The summed E-state index contributed by atoms with van der Waals surface area (Å²) in [4.78, 5) is 6.93. The summed E-state index contributed by atoms with van der Waals surface area (Å²) in [6.45, 7) is 1.99. The molecule has 0 aromatic carbocycles. The van der Waals surface area contributed by atoms with Gasteiger partial charge >= 0.3 is 0 Å². The Balaban J connectivity index is 1.64. The molecular weight excluding hydrogens is 304 g/mol. The highest BCUT2D eigenvalue weighted by atomic mass is 16.3. The molecule has 3 aromatic rings. The molecule has 4 heterocycles. The van der Waals surface area contributed by atoms with Crippen molar-refractivity contribution in [1.29, 1.82) is 5.26 Å². The predicted molar refractivity (Wildman–Crippen MR) is 89.5 cm³/mol. The van der Waals surface area contributed by atoms with Crippen LogP contribution in [0.1, 0.15) is 18.4 Å². The third-order valence-electron chi connectivity index (χ3n) is 4.54. The molecule has 1 aliphatic heterocycles. The number of furan rings is 1. The Kier molecular flexibility index (Phi) is 3.67. The number of nitrogens with zero attached hydrogens (tertiary/aromatic N) is 5. The summed E-state index contributed by atoms with van der Waals surface area (Å²) < 4.78 is 6.99. The van der Waals surface area contributed by atoms with Crippen LogP contribution in [0.4, 0.5) is 5.82 Å². The van der Waals surface area contributed by atoms with E-state index in [0.717, 1.165) is 18.9 Å². The number of nitrogens with one attached hydrogen (secondary N) is 1. The number of hydrogen-bond acceptors (Lipinski definition) is 6. The smallest absolute Gasteiger partial charge is 0.175 e. The SMILES string of the molecule is CN1CCC[C@@H]1CNc1ccn2nc(-c3ccco3)c(C#N)c2n1. The standard InChI is InChI=1S/C17H18N6O/c1-22-7-2-4-12(22)11-19-15-6-8-23-17(20-15)13(10-18)16(21-23)14-5-3-9-24-14/h3,5-6,8-9,12H,2,4,7,11H2,1H3,(H,19,20)/t12-/m1/s1. The summed E-state index contributed by atoms with van der Waals surface area (Å²) in [5.41, 5.74) is 1.47. The fourth-order valence-electron chi connectivity index (χ4n) is 3.18. The lowest BCUT2D eigenvalue weighted by Gasteiger charge is -2.19. The Bertz CT molecular complexity index is 892. The van der Waals surface area contributed by atoms with Gasteiger partial charge in [-0.25, -0.2) is 9.50 Å². The number of rotatable bonds is 4. The monoisotopic (exact) mass is 322 g/mol. The Morgan fingerprint density at radius 1 is 1.46 bits per heavy atom. The van der Waals surface area contributed by atoms with Crippen molar-refractivity contribution in [2.45, 2.75) is 18.9 Å². The van der Waals surface area contributed by atoms with Gasteiger partial charge in [-0.2, -0.15) is 10.4 Å². The lowest BCUT2D eigenvalue weighted by atomic mass is 10.2. The lowest BCUT2D eigenvalue weighted by molar-refractivity contribution is 0.322. The molecule has 0 amide bonds. The second kappa shape index (κ2) is 5.98. The van der Waals surface area contributed by atoms with Crippen LogP contribution in [0.15, 0.2) is 35.1 Å². The molecule has 1 atom stereocenters. The summed E-state index contributed by atoms with van der Waals surface area (Å²) in [5, 5.41) is 17.3. The van der Waals surface area contributed by atoms with E-state index in [0.29, 0.717) is 28.7 Å². The van der Waals surface area contributed by atoms with Crippen LogP contribution in [-0.2, 0) is 0 Å². The predicted octanol–water partition coefficient (Wildman–Crippen LogP) is 2.37. The number of anilines is 1. The number of fused-ring (bicyclic) bond motifs is 1. The minimum Gasteiger partial charge on any atom is -0.463 e. The average molecular weight is 322 g/mol. The van der Waals surface area contributed by atoms with Crippen LogP contribution >= 0.6 is 0 Å². The minimum absolute atomic E-state index is 0.423. The molecule has 1 saturated heterocycles. The number of aromatic nitrogens is 3. The molecule has 0 spiro atoms. The summed E-state index contributed by atoms with van der Waals surface area (Å²) >= 11 is 0. The lowest BCUT2D eigenvalue weighted by Crippen LogP contribution is -2.31. The quantitative estimate of drug-likeness (QED) is 0.794. The maximum atomic E-state index is 9.52. The van der Waals surface area contributed by atoms with Crippen molar-refractivity contribution in [3.05, 3.63) is 36.2 Å². The molecule has 0 bridgehead atoms. The molecule has 1 aliphatic rings. The molecule has 122 valence electrons. The molecule has 1 N–H and O–H groups in total. The van der Waals surface area contributed by atoms with Gasteiger partial charge in [-0.1, -0.05) is 0 Å². The third-order valence-corrected chi connectivity index (χ3v) is 4.54. The van der Waals surface area contributed by atoms with E-state index in [2.05, 4.69) is 33.4 Å². The molecule has 1 fully saturated rings. The second-order valence-corrected chi connectivity index (χ2v) is 6.05. The molecule has 0 radical (unpaired) electrons. The van der Waals surface area contributed by atoms with Gasteiger partial charge in [-0.05, 0) is 44.6 Å².